The van der Waals surface area contributed by atoms with Gasteiger partial charge in [0.15, 0.2) is 0 Å². The molecule has 0 atom stereocenters. The molecule has 1 fully saturated rings. The molecule has 4 heteroatoms. The molecule has 1 aromatic rings. The lowest BCUT2D eigenvalue weighted by atomic mass is 9.83. The molecule has 0 bridgehead atoms. The van der Waals surface area contributed by atoms with Crippen molar-refractivity contribution in [1.82, 2.24) is 5.32 Å². The Morgan fingerprint density at radius 2 is 2.05 bits per heavy atom. The van der Waals surface area contributed by atoms with E-state index >= 15 is 0 Å². The van der Waals surface area contributed by atoms with Crippen LogP contribution in [0.15, 0.2) is 18.2 Å². The van der Waals surface area contributed by atoms with Gasteiger partial charge in [-0.2, -0.15) is 0 Å². The van der Waals surface area contributed by atoms with E-state index < -0.39 is 0 Å². The molecule has 0 radical (unpaired) electrons. The van der Waals surface area contributed by atoms with Crippen molar-refractivity contribution in [2.45, 2.75) is 44.6 Å². The predicted octanol–water partition coefficient (Wildman–Crippen LogP) is 4.43. The summed E-state index contributed by atoms with van der Waals surface area (Å²) < 4.78 is 1.05. The van der Waals surface area contributed by atoms with Crippen LogP contribution in [0.3, 0.4) is 0 Å². The highest BCUT2D eigenvalue weighted by atomic mass is 127. The van der Waals surface area contributed by atoms with E-state index in [1.54, 1.807) is 0 Å². The van der Waals surface area contributed by atoms with Gasteiger partial charge in [-0.1, -0.05) is 47.3 Å². The van der Waals surface area contributed by atoms with Gasteiger partial charge in [0.25, 0.3) is 5.91 Å². The first-order valence-corrected chi connectivity index (χ1v) is 8.92. The molecule has 1 saturated carbocycles. The van der Waals surface area contributed by atoms with Gasteiger partial charge in [-0.15, -0.1) is 0 Å². The Hall–Kier alpha value is -0.100. The Bertz CT molecular complexity index is 469. The van der Waals surface area contributed by atoms with Crippen molar-refractivity contribution in [3.8, 4) is 0 Å². The van der Waals surface area contributed by atoms with Crippen LogP contribution in [0.4, 0.5) is 0 Å². The van der Waals surface area contributed by atoms with Crippen LogP contribution in [0.1, 0.15) is 48.0 Å². The zero-order valence-corrected chi connectivity index (χ0v) is 14.9. The van der Waals surface area contributed by atoms with Crippen LogP contribution in [0, 0.1) is 10.5 Å². The fraction of sp³-hybridized carbons (Fsp3) is 0.533. The van der Waals surface area contributed by atoms with Gasteiger partial charge in [0.2, 0.25) is 0 Å². The molecule has 1 aliphatic rings. The van der Waals surface area contributed by atoms with E-state index in [1.807, 2.05) is 25.1 Å². The normalized spacial score (nSPS) is 18.1. The number of hydrogen-bond acceptors (Lipinski definition) is 1. The highest BCUT2D eigenvalue weighted by Gasteiger charge is 2.33. The Morgan fingerprint density at radius 3 is 2.68 bits per heavy atom. The summed E-state index contributed by atoms with van der Waals surface area (Å²) in [5, 5.41) is 4.12. The molecule has 1 aromatic carbocycles. The molecular formula is C15H19BrINO. The molecule has 0 aromatic heterocycles. The van der Waals surface area contributed by atoms with E-state index in [2.05, 4.69) is 43.8 Å². The average Bonchev–Trinajstić information content (AvgIpc) is 2.42. The van der Waals surface area contributed by atoms with E-state index in [4.69, 9.17) is 0 Å². The number of carbonyl (C=O) groups excluding carboxylic acids is 1. The van der Waals surface area contributed by atoms with Crippen LogP contribution in [0.5, 0.6) is 0 Å². The first kappa shape index (κ1) is 15.3. The van der Waals surface area contributed by atoms with Crippen molar-refractivity contribution < 1.29 is 4.79 Å². The Balaban J connectivity index is 2.17. The standard InChI is InChI=1S/C15H19BrINO/c1-11-6-5-7-12(13(11)17)14(19)18-15(10-16)8-3-2-4-9-15/h5-7H,2-4,8-10H2,1H3,(H,18,19). The van der Waals surface area contributed by atoms with Gasteiger partial charge in [0.1, 0.15) is 0 Å². The fourth-order valence-electron chi connectivity index (χ4n) is 2.65. The second-order valence-corrected chi connectivity index (χ2v) is 7.00. The van der Waals surface area contributed by atoms with Crippen LogP contribution in [0.25, 0.3) is 0 Å². The summed E-state index contributed by atoms with van der Waals surface area (Å²) in [6.45, 7) is 2.04. The van der Waals surface area contributed by atoms with Gasteiger partial charge in [-0.3, -0.25) is 4.79 Å². The first-order chi connectivity index (χ1) is 9.08. The van der Waals surface area contributed by atoms with Crippen molar-refractivity contribution >= 4 is 44.4 Å². The van der Waals surface area contributed by atoms with Crippen LogP contribution in [0.2, 0.25) is 0 Å². The third-order valence-corrected chi connectivity index (χ3v) is 6.39. The molecule has 19 heavy (non-hydrogen) atoms. The van der Waals surface area contributed by atoms with E-state index in [9.17, 15) is 4.79 Å². The lowest BCUT2D eigenvalue weighted by molar-refractivity contribution is 0.0885. The number of nitrogens with one attached hydrogen (secondary N) is 1. The molecule has 0 spiro atoms. The molecular weight excluding hydrogens is 417 g/mol. The minimum absolute atomic E-state index is 0.0534. The number of aryl methyl sites for hydroxylation is 1. The van der Waals surface area contributed by atoms with Crippen LogP contribution < -0.4 is 5.32 Å². The lowest BCUT2D eigenvalue weighted by Crippen LogP contribution is -2.51. The smallest absolute Gasteiger partial charge is 0.252 e. The van der Waals surface area contributed by atoms with Crippen molar-refractivity contribution in [2.75, 3.05) is 5.33 Å². The number of alkyl halides is 1. The molecule has 2 rings (SSSR count). The zero-order chi connectivity index (χ0) is 13.9. The molecule has 0 heterocycles. The largest absolute Gasteiger partial charge is 0.346 e. The predicted molar refractivity (Wildman–Crippen MR) is 91.0 cm³/mol. The molecule has 2 nitrogen and oxygen atoms in total. The topological polar surface area (TPSA) is 29.1 Å². The number of hydrogen-bond donors (Lipinski definition) is 1. The maximum atomic E-state index is 12.5. The Kier molecular flexibility index (Phi) is 5.29. The van der Waals surface area contributed by atoms with E-state index in [0.717, 1.165) is 32.9 Å². The first-order valence-electron chi connectivity index (χ1n) is 6.72. The Morgan fingerprint density at radius 1 is 1.37 bits per heavy atom. The van der Waals surface area contributed by atoms with Gasteiger partial charge in [0, 0.05) is 8.90 Å². The third kappa shape index (κ3) is 3.51. The second kappa shape index (κ2) is 6.57. The van der Waals surface area contributed by atoms with E-state index in [0.29, 0.717) is 0 Å². The van der Waals surface area contributed by atoms with Crippen molar-refractivity contribution in [3.63, 3.8) is 0 Å². The summed E-state index contributed by atoms with van der Waals surface area (Å²) >= 11 is 5.84. The fourth-order valence-corrected chi connectivity index (χ4v) is 3.96. The number of halogens is 2. The number of carbonyl (C=O) groups is 1. The SMILES string of the molecule is Cc1cccc(C(=O)NC2(CBr)CCCCC2)c1I. The Labute approximate surface area is 137 Å². The zero-order valence-electron chi connectivity index (χ0n) is 11.1. The minimum atomic E-state index is -0.0534. The monoisotopic (exact) mass is 435 g/mol. The average molecular weight is 436 g/mol. The summed E-state index contributed by atoms with van der Waals surface area (Å²) in [7, 11) is 0. The molecule has 104 valence electrons. The van der Waals surface area contributed by atoms with Gasteiger partial charge < -0.3 is 5.32 Å². The summed E-state index contributed by atoms with van der Waals surface area (Å²) in [6.07, 6.45) is 5.85. The van der Waals surface area contributed by atoms with Crippen LogP contribution >= 0.6 is 38.5 Å². The number of benzene rings is 1. The quantitative estimate of drug-likeness (QED) is 0.552. The van der Waals surface area contributed by atoms with Crippen molar-refractivity contribution in [2.24, 2.45) is 0 Å². The van der Waals surface area contributed by atoms with E-state index in [-0.39, 0.29) is 11.4 Å². The summed E-state index contributed by atoms with van der Waals surface area (Å²) in [5.74, 6) is 0.0643. The highest BCUT2D eigenvalue weighted by Crippen LogP contribution is 2.30. The summed E-state index contributed by atoms with van der Waals surface area (Å²) in [5.41, 5.74) is 1.90. The third-order valence-electron chi connectivity index (χ3n) is 3.88. The highest BCUT2D eigenvalue weighted by molar-refractivity contribution is 14.1. The van der Waals surface area contributed by atoms with Gasteiger partial charge in [-0.05, 0) is 54.0 Å². The maximum absolute atomic E-state index is 12.5. The van der Waals surface area contributed by atoms with E-state index in [1.165, 1.54) is 19.3 Å². The maximum Gasteiger partial charge on any atom is 0.252 e. The lowest BCUT2D eigenvalue weighted by Gasteiger charge is -2.36. The summed E-state index contributed by atoms with van der Waals surface area (Å²) in [4.78, 5) is 12.5. The molecule has 0 aliphatic heterocycles. The van der Waals surface area contributed by atoms with Crippen LogP contribution in [-0.2, 0) is 0 Å². The van der Waals surface area contributed by atoms with Gasteiger partial charge in [0.05, 0.1) is 11.1 Å². The summed E-state index contributed by atoms with van der Waals surface area (Å²) in [6, 6.07) is 5.91. The van der Waals surface area contributed by atoms with Crippen molar-refractivity contribution in [3.05, 3.63) is 32.9 Å². The minimum Gasteiger partial charge on any atom is -0.346 e. The number of amides is 1. The molecule has 1 aliphatic carbocycles. The molecule has 0 unspecified atom stereocenters. The van der Waals surface area contributed by atoms with Crippen molar-refractivity contribution in [1.29, 1.82) is 0 Å². The molecule has 1 N–H and O–H groups in total. The van der Waals surface area contributed by atoms with Gasteiger partial charge in [-0.25, -0.2) is 0 Å². The van der Waals surface area contributed by atoms with Crippen LogP contribution in [-0.4, -0.2) is 16.8 Å². The molecule has 0 saturated heterocycles. The molecule has 1 amide bonds. The number of rotatable bonds is 3. The van der Waals surface area contributed by atoms with Gasteiger partial charge >= 0.3 is 0 Å². The second-order valence-electron chi connectivity index (χ2n) is 5.37.